The molecule has 0 saturated carbocycles. The van der Waals surface area contributed by atoms with Gasteiger partial charge in [0.25, 0.3) is 0 Å². The normalized spacial score (nSPS) is 10.2. The van der Waals surface area contributed by atoms with Crippen molar-refractivity contribution in [2.75, 3.05) is 16.8 Å². The Morgan fingerprint density at radius 1 is 1.00 bits per heavy atom. The number of nitrogens with one attached hydrogen (secondary N) is 1. The zero-order valence-corrected chi connectivity index (χ0v) is 10.6. The minimum absolute atomic E-state index is 0.0676. The summed E-state index contributed by atoms with van der Waals surface area (Å²) in [5.41, 5.74) is 13.2. The molecule has 1 amide bonds. The van der Waals surface area contributed by atoms with Gasteiger partial charge in [0.05, 0.1) is 17.8 Å². The first kappa shape index (κ1) is 13.5. The summed E-state index contributed by atoms with van der Waals surface area (Å²) in [7, 11) is 0. The molecular formula is C14H15N3O3. The van der Waals surface area contributed by atoms with Gasteiger partial charge in [0.15, 0.2) is 11.5 Å². The predicted octanol–water partition coefficient (Wildman–Crippen LogP) is 1.44. The number of nitrogen functional groups attached to an aromatic ring is 2. The van der Waals surface area contributed by atoms with Crippen LogP contribution in [0.5, 0.6) is 11.5 Å². The van der Waals surface area contributed by atoms with Crippen molar-refractivity contribution in [3.05, 3.63) is 42.0 Å². The van der Waals surface area contributed by atoms with Gasteiger partial charge in [0, 0.05) is 5.69 Å². The van der Waals surface area contributed by atoms with E-state index in [0.717, 1.165) is 0 Å². The number of rotatable bonds is 3. The number of phenols is 2. The van der Waals surface area contributed by atoms with Crippen LogP contribution in [0.25, 0.3) is 0 Å². The average Bonchev–Trinajstić information content (AvgIpc) is 2.38. The van der Waals surface area contributed by atoms with Gasteiger partial charge in [-0.05, 0) is 35.9 Å². The van der Waals surface area contributed by atoms with Gasteiger partial charge in [-0.1, -0.05) is 6.07 Å². The number of nitrogens with two attached hydrogens (primary N) is 2. The average molecular weight is 273 g/mol. The number of aromatic hydroxyl groups is 2. The fourth-order valence-electron chi connectivity index (χ4n) is 1.72. The van der Waals surface area contributed by atoms with Gasteiger partial charge in [-0.2, -0.15) is 0 Å². The van der Waals surface area contributed by atoms with Crippen LogP contribution in [-0.4, -0.2) is 16.1 Å². The van der Waals surface area contributed by atoms with Gasteiger partial charge in [-0.25, -0.2) is 0 Å². The van der Waals surface area contributed by atoms with Gasteiger partial charge in [-0.15, -0.1) is 0 Å². The molecule has 2 rings (SSSR count). The van der Waals surface area contributed by atoms with Gasteiger partial charge in [0.2, 0.25) is 5.91 Å². The van der Waals surface area contributed by atoms with Crippen LogP contribution in [0.2, 0.25) is 0 Å². The molecule has 0 fully saturated rings. The minimum Gasteiger partial charge on any atom is -0.504 e. The second-order valence-corrected chi connectivity index (χ2v) is 4.39. The molecule has 0 aromatic heterocycles. The maximum atomic E-state index is 11.8. The highest BCUT2D eigenvalue weighted by Gasteiger charge is 2.07. The minimum atomic E-state index is -0.265. The lowest BCUT2D eigenvalue weighted by Gasteiger charge is -2.08. The van der Waals surface area contributed by atoms with Crippen molar-refractivity contribution in [1.29, 1.82) is 0 Å². The Balaban J connectivity index is 2.04. The van der Waals surface area contributed by atoms with Crippen LogP contribution in [0.3, 0.4) is 0 Å². The van der Waals surface area contributed by atoms with Crippen molar-refractivity contribution in [1.82, 2.24) is 0 Å². The number of carbonyl (C=O) groups excluding carboxylic acids is 1. The molecule has 104 valence electrons. The van der Waals surface area contributed by atoms with Crippen molar-refractivity contribution in [2.24, 2.45) is 0 Å². The number of carbonyl (C=O) groups is 1. The lowest BCUT2D eigenvalue weighted by Crippen LogP contribution is -2.14. The molecular weight excluding hydrogens is 258 g/mol. The van der Waals surface area contributed by atoms with Gasteiger partial charge in [-0.3, -0.25) is 4.79 Å². The molecule has 0 spiro atoms. The first-order valence-corrected chi connectivity index (χ1v) is 5.91. The number of amides is 1. The molecule has 0 aliphatic heterocycles. The Bertz CT molecular complexity index is 601. The number of benzene rings is 2. The Morgan fingerprint density at radius 3 is 2.40 bits per heavy atom. The van der Waals surface area contributed by atoms with E-state index in [1.54, 1.807) is 24.3 Å². The first-order chi connectivity index (χ1) is 9.45. The highest BCUT2D eigenvalue weighted by atomic mass is 16.3. The maximum Gasteiger partial charge on any atom is 0.228 e. The van der Waals surface area contributed by atoms with E-state index < -0.39 is 0 Å². The summed E-state index contributed by atoms with van der Waals surface area (Å²) in [5.74, 6) is -0.744. The highest BCUT2D eigenvalue weighted by molar-refractivity contribution is 5.93. The summed E-state index contributed by atoms with van der Waals surface area (Å²) in [6.07, 6.45) is 0.0676. The molecule has 0 heterocycles. The highest BCUT2D eigenvalue weighted by Crippen LogP contribution is 2.25. The molecule has 2 aromatic rings. The Hall–Kier alpha value is -2.89. The fraction of sp³-hybridized carbons (Fsp3) is 0.0714. The van der Waals surface area contributed by atoms with Crippen LogP contribution in [0.15, 0.2) is 36.4 Å². The molecule has 0 unspecified atom stereocenters. The van der Waals surface area contributed by atoms with E-state index in [0.29, 0.717) is 22.6 Å². The largest absolute Gasteiger partial charge is 0.504 e. The Morgan fingerprint density at radius 2 is 1.75 bits per heavy atom. The van der Waals surface area contributed by atoms with Gasteiger partial charge in [0.1, 0.15) is 0 Å². The molecule has 0 saturated heterocycles. The molecule has 0 bridgehead atoms. The van der Waals surface area contributed by atoms with E-state index in [-0.39, 0.29) is 23.8 Å². The fourth-order valence-corrected chi connectivity index (χ4v) is 1.72. The first-order valence-electron chi connectivity index (χ1n) is 5.91. The van der Waals surface area contributed by atoms with E-state index in [1.807, 2.05) is 0 Å². The maximum absolute atomic E-state index is 11.8. The standard InChI is InChI=1S/C14H15N3O3/c15-10-3-2-9(7-11(10)16)17-14(20)6-8-1-4-12(18)13(19)5-8/h1-5,7,18-19H,6,15-16H2,(H,17,20). The molecule has 0 radical (unpaired) electrons. The van der Waals surface area contributed by atoms with Gasteiger partial charge >= 0.3 is 0 Å². The molecule has 6 heteroatoms. The SMILES string of the molecule is Nc1ccc(NC(=O)Cc2ccc(O)c(O)c2)cc1N. The third-order valence-electron chi connectivity index (χ3n) is 2.78. The zero-order valence-electron chi connectivity index (χ0n) is 10.6. The summed E-state index contributed by atoms with van der Waals surface area (Å²) in [5, 5.41) is 21.2. The summed E-state index contributed by atoms with van der Waals surface area (Å²) in [4.78, 5) is 11.8. The van der Waals surface area contributed by atoms with E-state index >= 15 is 0 Å². The smallest absolute Gasteiger partial charge is 0.228 e. The topological polar surface area (TPSA) is 122 Å². The van der Waals surface area contributed by atoms with Crippen LogP contribution in [0.1, 0.15) is 5.56 Å². The summed E-state index contributed by atoms with van der Waals surface area (Å²) < 4.78 is 0. The molecule has 2 aromatic carbocycles. The molecule has 0 aliphatic carbocycles. The third-order valence-corrected chi connectivity index (χ3v) is 2.78. The van der Waals surface area contributed by atoms with Crippen molar-refractivity contribution in [3.8, 4) is 11.5 Å². The summed E-state index contributed by atoms with van der Waals surface area (Å²) in [6.45, 7) is 0. The number of hydrogen-bond acceptors (Lipinski definition) is 5. The molecule has 7 N–H and O–H groups in total. The predicted molar refractivity (Wildman–Crippen MR) is 77.4 cm³/mol. The van der Waals surface area contributed by atoms with E-state index in [2.05, 4.69) is 5.32 Å². The van der Waals surface area contributed by atoms with E-state index in [1.165, 1.54) is 12.1 Å². The van der Waals surface area contributed by atoms with Crippen molar-refractivity contribution in [2.45, 2.75) is 6.42 Å². The second-order valence-electron chi connectivity index (χ2n) is 4.39. The Kier molecular flexibility index (Phi) is 3.65. The number of phenolic OH excluding ortho intramolecular Hbond substituents is 2. The van der Waals surface area contributed by atoms with Crippen LogP contribution in [0, 0.1) is 0 Å². The lowest BCUT2D eigenvalue weighted by atomic mass is 10.1. The van der Waals surface area contributed by atoms with Crippen LogP contribution >= 0.6 is 0 Å². The number of hydrogen-bond donors (Lipinski definition) is 5. The monoisotopic (exact) mass is 273 g/mol. The molecule has 0 atom stereocenters. The van der Waals surface area contributed by atoms with Crippen LogP contribution < -0.4 is 16.8 Å². The molecule has 20 heavy (non-hydrogen) atoms. The van der Waals surface area contributed by atoms with Crippen molar-refractivity contribution >= 4 is 23.0 Å². The second kappa shape index (κ2) is 5.40. The quantitative estimate of drug-likeness (QED) is 0.428. The molecule has 6 nitrogen and oxygen atoms in total. The van der Waals surface area contributed by atoms with Crippen molar-refractivity contribution in [3.63, 3.8) is 0 Å². The molecule has 0 aliphatic rings. The van der Waals surface area contributed by atoms with Crippen LogP contribution in [-0.2, 0) is 11.2 Å². The third kappa shape index (κ3) is 3.11. The summed E-state index contributed by atoms with van der Waals surface area (Å²) in [6, 6.07) is 9.06. The zero-order chi connectivity index (χ0) is 14.7. The number of anilines is 3. The van der Waals surface area contributed by atoms with E-state index in [9.17, 15) is 15.0 Å². The lowest BCUT2D eigenvalue weighted by molar-refractivity contribution is -0.115. The van der Waals surface area contributed by atoms with Crippen molar-refractivity contribution < 1.29 is 15.0 Å². The van der Waals surface area contributed by atoms with Gasteiger partial charge < -0.3 is 27.0 Å². The van der Waals surface area contributed by atoms with Crippen LogP contribution in [0.4, 0.5) is 17.1 Å². The Labute approximate surface area is 115 Å². The summed E-state index contributed by atoms with van der Waals surface area (Å²) >= 11 is 0. The van der Waals surface area contributed by atoms with E-state index in [4.69, 9.17) is 11.5 Å².